The Hall–Kier alpha value is -1.84. The smallest absolute Gasteiger partial charge is 0.271 e. The summed E-state index contributed by atoms with van der Waals surface area (Å²) in [6.07, 6.45) is 3.33. The van der Waals surface area contributed by atoms with Crippen molar-refractivity contribution in [2.75, 3.05) is 0 Å². The number of aromatic nitrogens is 3. The van der Waals surface area contributed by atoms with Gasteiger partial charge in [-0.05, 0) is 18.1 Å². The number of hydrogen-bond donors (Lipinski definition) is 1. The van der Waals surface area contributed by atoms with E-state index in [0.29, 0.717) is 5.92 Å². The minimum atomic E-state index is -0.0371. The highest BCUT2D eigenvalue weighted by Crippen LogP contribution is 2.10. The molecule has 0 atom stereocenters. The standard InChI is InChI=1S/C11H13N3O/c1-8(2)10-7-11(15)14(13-10)9-3-5-12-6-4-9/h3-8,13H,1-2H3. The third kappa shape index (κ3) is 1.83. The van der Waals surface area contributed by atoms with Gasteiger partial charge in [0.15, 0.2) is 0 Å². The number of hydrogen-bond acceptors (Lipinski definition) is 2. The Morgan fingerprint density at radius 2 is 2.00 bits per heavy atom. The van der Waals surface area contributed by atoms with E-state index in [4.69, 9.17) is 0 Å². The van der Waals surface area contributed by atoms with Gasteiger partial charge in [-0.1, -0.05) is 13.8 Å². The van der Waals surface area contributed by atoms with E-state index in [0.717, 1.165) is 11.4 Å². The second-order valence-corrected chi connectivity index (χ2v) is 3.75. The minimum absolute atomic E-state index is 0.0371. The first-order chi connectivity index (χ1) is 7.18. The molecule has 0 aromatic carbocycles. The maximum Gasteiger partial charge on any atom is 0.271 e. The molecular weight excluding hydrogens is 190 g/mol. The van der Waals surface area contributed by atoms with Gasteiger partial charge in [0, 0.05) is 24.2 Å². The van der Waals surface area contributed by atoms with Gasteiger partial charge < -0.3 is 0 Å². The molecule has 2 rings (SSSR count). The second kappa shape index (κ2) is 3.73. The molecule has 0 aliphatic rings. The van der Waals surface area contributed by atoms with Crippen molar-refractivity contribution >= 4 is 0 Å². The Morgan fingerprint density at radius 3 is 2.53 bits per heavy atom. The number of rotatable bonds is 2. The molecule has 0 amide bonds. The van der Waals surface area contributed by atoms with Gasteiger partial charge in [-0.15, -0.1) is 0 Å². The lowest BCUT2D eigenvalue weighted by atomic mass is 10.1. The first-order valence-electron chi connectivity index (χ1n) is 4.91. The largest absolute Gasteiger partial charge is 0.295 e. The third-order valence-electron chi connectivity index (χ3n) is 2.28. The second-order valence-electron chi connectivity index (χ2n) is 3.75. The summed E-state index contributed by atoms with van der Waals surface area (Å²) in [5, 5.41) is 3.07. The average Bonchev–Trinajstić information content (AvgIpc) is 2.62. The van der Waals surface area contributed by atoms with Crippen LogP contribution in [-0.2, 0) is 0 Å². The zero-order chi connectivity index (χ0) is 10.8. The van der Waals surface area contributed by atoms with Gasteiger partial charge in [0.1, 0.15) is 0 Å². The molecule has 0 unspecified atom stereocenters. The van der Waals surface area contributed by atoms with Crippen LogP contribution in [-0.4, -0.2) is 14.8 Å². The number of H-pyrrole nitrogens is 1. The van der Waals surface area contributed by atoms with E-state index in [1.54, 1.807) is 30.6 Å². The molecule has 15 heavy (non-hydrogen) atoms. The first-order valence-corrected chi connectivity index (χ1v) is 4.91. The quantitative estimate of drug-likeness (QED) is 0.807. The number of aromatic amines is 1. The van der Waals surface area contributed by atoms with Crippen molar-refractivity contribution in [2.24, 2.45) is 0 Å². The molecule has 0 spiro atoms. The lowest BCUT2D eigenvalue weighted by Gasteiger charge is -2.02. The normalized spacial score (nSPS) is 10.9. The van der Waals surface area contributed by atoms with Crippen LogP contribution in [0.4, 0.5) is 0 Å². The van der Waals surface area contributed by atoms with Crippen LogP contribution in [0.5, 0.6) is 0 Å². The number of nitrogens with one attached hydrogen (secondary N) is 1. The Kier molecular flexibility index (Phi) is 2.41. The van der Waals surface area contributed by atoms with Gasteiger partial charge in [0.2, 0.25) is 0 Å². The van der Waals surface area contributed by atoms with Crippen molar-refractivity contribution in [1.29, 1.82) is 0 Å². The lowest BCUT2D eigenvalue weighted by molar-refractivity contribution is 0.760. The topological polar surface area (TPSA) is 50.7 Å². The zero-order valence-electron chi connectivity index (χ0n) is 8.77. The first kappa shape index (κ1) is 9.71. The van der Waals surface area contributed by atoms with Crippen LogP contribution < -0.4 is 5.56 Å². The molecule has 4 nitrogen and oxygen atoms in total. The van der Waals surface area contributed by atoms with Crippen LogP contribution in [0.2, 0.25) is 0 Å². The Labute approximate surface area is 87.6 Å². The van der Waals surface area contributed by atoms with Crippen molar-refractivity contribution in [1.82, 2.24) is 14.8 Å². The molecule has 0 saturated carbocycles. The summed E-state index contributed by atoms with van der Waals surface area (Å²) in [5.74, 6) is 0.320. The molecule has 2 heterocycles. The fraction of sp³-hybridized carbons (Fsp3) is 0.273. The summed E-state index contributed by atoms with van der Waals surface area (Å²) in [5.41, 5.74) is 1.71. The summed E-state index contributed by atoms with van der Waals surface area (Å²) >= 11 is 0. The molecular formula is C11H13N3O. The molecule has 0 saturated heterocycles. The van der Waals surface area contributed by atoms with E-state index in [1.807, 2.05) is 13.8 Å². The van der Waals surface area contributed by atoms with E-state index in [2.05, 4.69) is 10.1 Å². The van der Waals surface area contributed by atoms with E-state index in [-0.39, 0.29) is 5.56 Å². The predicted octanol–water partition coefficient (Wildman–Crippen LogP) is 1.68. The summed E-state index contributed by atoms with van der Waals surface area (Å²) in [6.45, 7) is 4.09. The molecule has 0 aliphatic heterocycles. The predicted molar refractivity (Wildman–Crippen MR) is 58.3 cm³/mol. The highest BCUT2D eigenvalue weighted by molar-refractivity contribution is 5.28. The molecule has 1 N–H and O–H groups in total. The molecule has 0 radical (unpaired) electrons. The molecule has 0 fully saturated rings. The summed E-state index contributed by atoms with van der Waals surface area (Å²) in [7, 11) is 0. The summed E-state index contributed by atoms with van der Waals surface area (Å²) in [6, 6.07) is 5.22. The van der Waals surface area contributed by atoms with Gasteiger partial charge in [-0.3, -0.25) is 14.9 Å². The van der Waals surface area contributed by atoms with Gasteiger partial charge in [0.05, 0.1) is 5.69 Å². The van der Waals surface area contributed by atoms with E-state index in [9.17, 15) is 4.79 Å². The van der Waals surface area contributed by atoms with Gasteiger partial charge in [-0.25, -0.2) is 4.68 Å². The third-order valence-corrected chi connectivity index (χ3v) is 2.28. The van der Waals surface area contributed by atoms with E-state index < -0.39 is 0 Å². The molecule has 78 valence electrons. The Morgan fingerprint density at radius 1 is 1.33 bits per heavy atom. The SMILES string of the molecule is CC(C)c1cc(=O)n(-c2ccncc2)[nH]1. The molecule has 0 bridgehead atoms. The summed E-state index contributed by atoms with van der Waals surface area (Å²) in [4.78, 5) is 15.6. The highest BCUT2D eigenvalue weighted by atomic mass is 16.1. The fourth-order valence-electron chi connectivity index (χ4n) is 1.39. The van der Waals surface area contributed by atoms with Crippen LogP contribution in [0.3, 0.4) is 0 Å². The maximum absolute atomic E-state index is 11.7. The molecule has 0 aliphatic carbocycles. The zero-order valence-corrected chi connectivity index (χ0v) is 8.77. The number of nitrogens with zero attached hydrogens (tertiary/aromatic N) is 2. The van der Waals surface area contributed by atoms with Crippen molar-refractivity contribution < 1.29 is 0 Å². The van der Waals surface area contributed by atoms with Gasteiger partial charge >= 0.3 is 0 Å². The Balaban J connectivity index is 2.50. The average molecular weight is 203 g/mol. The van der Waals surface area contributed by atoms with Crippen LogP contribution in [0.1, 0.15) is 25.5 Å². The molecule has 4 heteroatoms. The van der Waals surface area contributed by atoms with Crippen LogP contribution in [0.15, 0.2) is 35.4 Å². The van der Waals surface area contributed by atoms with Crippen LogP contribution in [0, 0.1) is 0 Å². The van der Waals surface area contributed by atoms with Crippen molar-refractivity contribution in [3.63, 3.8) is 0 Å². The van der Waals surface area contributed by atoms with Crippen LogP contribution in [0.25, 0.3) is 5.69 Å². The highest BCUT2D eigenvalue weighted by Gasteiger charge is 2.06. The van der Waals surface area contributed by atoms with E-state index in [1.165, 1.54) is 4.68 Å². The monoisotopic (exact) mass is 203 g/mol. The number of pyridine rings is 1. The molecule has 2 aromatic heterocycles. The van der Waals surface area contributed by atoms with Crippen molar-refractivity contribution in [3.8, 4) is 5.69 Å². The van der Waals surface area contributed by atoms with Gasteiger partial charge in [-0.2, -0.15) is 0 Å². The Bertz CT molecular complexity index is 496. The van der Waals surface area contributed by atoms with Crippen LogP contribution >= 0.6 is 0 Å². The van der Waals surface area contributed by atoms with E-state index >= 15 is 0 Å². The molecule has 2 aromatic rings. The maximum atomic E-state index is 11.7. The minimum Gasteiger partial charge on any atom is -0.295 e. The lowest BCUT2D eigenvalue weighted by Crippen LogP contribution is -2.13. The fourth-order valence-corrected chi connectivity index (χ4v) is 1.39. The van der Waals surface area contributed by atoms with Gasteiger partial charge in [0.25, 0.3) is 5.56 Å². The van der Waals surface area contributed by atoms with Crippen molar-refractivity contribution in [3.05, 3.63) is 46.6 Å². The van der Waals surface area contributed by atoms with Crippen molar-refractivity contribution in [2.45, 2.75) is 19.8 Å². The summed E-state index contributed by atoms with van der Waals surface area (Å²) < 4.78 is 1.52.